The van der Waals surface area contributed by atoms with Crippen LogP contribution in [0.2, 0.25) is 0 Å². The number of benzene rings is 25. The zero-order valence-electron chi connectivity index (χ0n) is 79.9. The molecule has 0 atom stereocenters. The van der Waals surface area contributed by atoms with E-state index in [1.54, 1.807) is 0 Å². The lowest BCUT2D eigenvalue weighted by molar-refractivity contribution is 0.668. The van der Waals surface area contributed by atoms with Crippen LogP contribution in [0, 0.1) is 0 Å². The Morgan fingerprint density at radius 3 is 0.966 bits per heavy atom. The van der Waals surface area contributed by atoms with Crippen molar-refractivity contribution in [2.24, 2.45) is 0 Å². The Hall–Kier alpha value is -19.8. The number of nitrogens with zero attached hydrogens (tertiary/aromatic N) is 5. The average Bonchev–Trinajstić information content (AvgIpc) is 1.53. The summed E-state index contributed by atoms with van der Waals surface area (Å²) >= 11 is 0. The molecule has 0 bridgehead atoms. The smallest absolute Gasteiger partial charge is 0.136 e. The van der Waals surface area contributed by atoms with Gasteiger partial charge in [-0.1, -0.05) is 370 Å². The molecule has 25 aromatic carbocycles. The van der Waals surface area contributed by atoms with Crippen LogP contribution < -0.4 is 0 Å². The summed E-state index contributed by atoms with van der Waals surface area (Å²) in [5.74, 6) is 0. The van der Waals surface area contributed by atoms with Crippen molar-refractivity contribution in [3.05, 3.63) is 504 Å². The normalized spacial score (nSPS) is 12.2. The van der Waals surface area contributed by atoms with Crippen LogP contribution in [-0.4, -0.2) is 22.8 Å². The van der Waals surface area contributed by atoms with Crippen molar-refractivity contribution >= 4 is 229 Å². The summed E-state index contributed by atoms with van der Waals surface area (Å²) in [6, 6.07) is 182. The summed E-state index contributed by atoms with van der Waals surface area (Å²) in [7, 11) is 0. The fourth-order valence-electron chi connectivity index (χ4n) is 25.7. The van der Waals surface area contributed by atoms with Gasteiger partial charge in [-0.05, 0) is 221 Å². The quantitative estimate of drug-likeness (QED) is 0.142. The first-order chi connectivity index (χ1) is 73.5. The largest absolute Gasteiger partial charge is 0.456 e. The summed E-state index contributed by atoms with van der Waals surface area (Å²) < 4.78 is 31.0. The highest BCUT2D eigenvalue weighted by molar-refractivity contribution is 6.41. The molecule has 0 unspecified atom stereocenters. The lowest BCUT2D eigenvalue weighted by atomic mass is 9.91. The lowest BCUT2D eigenvalue weighted by Gasteiger charge is -2.16. The second-order valence-electron chi connectivity index (χ2n) is 39.3. The number of aromatic nitrogens is 5. The molecular formula is C140H83N5O3. The third kappa shape index (κ3) is 11.8. The zero-order chi connectivity index (χ0) is 96.6. The topological polar surface area (TPSA) is 64.1 Å². The molecule has 0 N–H and O–H groups in total. The predicted molar refractivity (Wildman–Crippen MR) is 621 cm³/mol. The maximum Gasteiger partial charge on any atom is 0.136 e. The second kappa shape index (κ2) is 31.9. The Bertz CT molecular complexity index is 11500. The van der Waals surface area contributed by atoms with E-state index < -0.39 is 0 Å². The molecule has 34 rings (SSSR count). The van der Waals surface area contributed by atoms with Crippen LogP contribution in [0.15, 0.2) is 517 Å². The Morgan fingerprint density at radius 1 is 0.115 bits per heavy atom. The van der Waals surface area contributed by atoms with Crippen molar-refractivity contribution in [3.63, 3.8) is 0 Å². The first-order valence-corrected chi connectivity index (χ1v) is 50.8. The Balaban J connectivity index is 0.0000000986. The highest BCUT2D eigenvalue weighted by Gasteiger charge is 2.32. The zero-order valence-corrected chi connectivity index (χ0v) is 79.9. The van der Waals surface area contributed by atoms with E-state index in [-0.39, 0.29) is 0 Å². The van der Waals surface area contributed by atoms with Gasteiger partial charge in [-0.3, -0.25) is 0 Å². The van der Waals surface area contributed by atoms with Crippen molar-refractivity contribution in [1.82, 2.24) is 22.8 Å². The van der Waals surface area contributed by atoms with E-state index in [0.717, 1.165) is 99.8 Å². The number of rotatable bonds is 8. The van der Waals surface area contributed by atoms with Gasteiger partial charge >= 0.3 is 0 Å². The SMILES string of the molecule is c1ccc(-n2c3ccc4c(c5ccccc5n4-c4ccc(-c5cccc6oc7ccccc7c56)cc4)c3c3ccc4ccccc4c32)cc1.c1ccc(-n2c3ccccc3c3c2c2ccccc2c2c4c5ccccc5ccc4n(-c4ccc(-c5cccc6oc7ccccc7c56)cc4)c23)cc1.c1ccc2c(c1)-c1cccc3c4ccccc4c4c(c13)c1c-2cccc1n4-c1ccc(-c2cccc3oc4ccccc4c23)cc1. The van der Waals surface area contributed by atoms with Crippen molar-refractivity contribution in [2.45, 2.75) is 0 Å². The van der Waals surface area contributed by atoms with Crippen molar-refractivity contribution in [2.75, 3.05) is 0 Å². The van der Waals surface area contributed by atoms with Crippen molar-refractivity contribution in [3.8, 4) is 84.1 Å². The van der Waals surface area contributed by atoms with Gasteiger partial charge in [-0.15, -0.1) is 0 Å². The molecule has 1 aliphatic rings. The van der Waals surface area contributed by atoms with E-state index in [0.29, 0.717) is 0 Å². The van der Waals surface area contributed by atoms with Gasteiger partial charge in [0.1, 0.15) is 33.5 Å². The third-order valence-corrected chi connectivity index (χ3v) is 31.7. The fourth-order valence-corrected chi connectivity index (χ4v) is 25.7. The molecule has 1 aliphatic carbocycles. The standard InChI is InChI=1S/C50H30N2O.C46H28N2O.C44H25NO/c1-2-14-33(15-3-1)51-41-22-10-8-19-39(41)48-49(51)38-18-7-6-17-37(38)47-46-36-16-5-4-13-31(36)27-30-42(46)52(50(47)48)34-28-25-32(26-29-34)35-21-12-24-44-45(35)40-20-9-11-23-43(40)53-44;1-2-12-31(13-3-1)48-40-28-27-39-44(45(40)37-26-23-29-11-4-5-14-34(29)46(37)48)35-15-6-8-18-38(35)47(39)32-24-21-30(22-25-32)33-17-10-20-42-43(33)36-16-7-9-19-41(36)49-42;1-2-11-30-29(10-1)32-16-7-17-33-31-12-3-4-13-35(31)44-43(41(32)33)42-34(30)18-8-19-37(42)45(44)27-24-22-26(23-25-27)28-15-9-21-39-40(28)36-14-5-6-20-38(36)46-39/h1-30H;1-28H;1-25H. The van der Waals surface area contributed by atoms with E-state index in [9.17, 15) is 0 Å². The molecule has 8 heterocycles. The molecule has 33 aromatic rings. The molecule has 686 valence electrons. The van der Waals surface area contributed by atoms with E-state index in [1.165, 1.54) is 213 Å². The van der Waals surface area contributed by atoms with Gasteiger partial charge in [-0.2, -0.15) is 0 Å². The third-order valence-electron chi connectivity index (χ3n) is 31.7. The molecule has 0 aliphatic heterocycles. The molecule has 148 heavy (non-hydrogen) atoms. The van der Waals surface area contributed by atoms with Crippen LogP contribution in [0.3, 0.4) is 0 Å². The Kier molecular flexibility index (Phi) is 17.6. The van der Waals surface area contributed by atoms with Crippen LogP contribution >= 0.6 is 0 Å². The maximum absolute atomic E-state index is 6.27. The summed E-state index contributed by atoms with van der Waals surface area (Å²) in [6.07, 6.45) is 0. The van der Waals surface area contributed by atoms with Crippen LogP contribution in [0.5, 0.6) is 0 Å². The Morgan fingerprint density at radius 2 is 0.419 bits per heavy atom. The highest BCUT2D eigenvalue weighted by atomic mass is 16.3. The first-order valence-electron chi connectivity index (χ1n) is 50.8. The summed E-state index contributed by atoms with van der Waals surface area (Å²) in [5, 5.41) is 32.4. The fraction of sp³-hybridized carbons (Fsp3) is 0. The van der Waals surface area contributed by atoms with Crippen LogP contribution in [0.4, 0.5) is 0 Å². The molecule has 0 saturated carbocycles. The second-order valence-corrected chi connectivity index (χ2v) is 39.3. The minimum absolute atomic E-state index is 0.908. The molecule has 0 fully saturated rings. The van der Waals surface area contributed by atoms with Gasteiger partial charge in [0.25, 0.3) is 0 Å². The predicted octanol–water partition coefficient (Wildman–Crippen LogP) is 38.7. The first kappa shape index (κ1) is 81.8. The molecule has 0 saturated heterocycles. The molecule has 0 radical (unpaired) electrons. The van der Waals surface area contributed by atoms with E-state index >= 15 is 0 Å². The molecule has 8 aromatic heterocycles. The molecule has 8 nitrogen and oxygen atoms in total. The minimum atomic E-state index is 0.908. The highest BCUT2D eigenvalue weighted by Crippen LogP contribution is 2.56. The number of fused-ring (bicyclic) bond motifs is 36. The number of hydrogen-bond acceptors (Lipinski definition) is 3. The van der Waals surface area contributed by atoms with Gasteiger partial charge in [0.2, 0.25) is 0 Å². The van der Waals surface area contributed by atoms with Gasteiger partial charge in [0.15, 0.2) is 0 Å². The number of hydrogen-bond donors (Lipinski definition) is 0. The Labute approximate surface area is 846 Å². The molecular weight excluding hydrogens is 1800 g/mol. The molecule has 0 spiro atoms. The minimum Gasteiger partial charge on any atom is -0.456 e. The van der Waals surface area contributed by atoms with Crippen LogP contribution in [0.25, 0.3) is 313 Å². The monoisotopic (exact) mass is 1880 g/mol. The average molecular weight is 1880 g/mol. The van der Waals surface area contributed by atoms with Crippen molar-refractivity contribution < 1.29 is 13.3 Å². The summed E-state index contributed by atoms with van der Waals surface area (Å²) in [5.41, 5.74) is 35.6. The van der Waals surface area contributed by atoms with E-state index in [2.05, 4.69) is 490 Å². The summed E-state index contributed by atoms with van der Waals surface area (Å²) in [6.45, 7) is 0. The van der Waals surface area contributed by atoms with E-state index in [1.807, 2.05) is 36.4 Å². The van der Waals surface area contributed by atoms with Gasteiger partial charge in [0.05, 0.1) is 55.2 Å². The maximum atomic E-state index is 6.27. The molecule has 8 heteroatoms. The van der Waals surface area contributed by atoms with Gasteiger partial charge < -0.3 is 36.1 Å². The summed E-state index contributed by atoms with van der Waals surface area (Å²) in [4.78, 5) is 0. The van der Waals surface area contributed by atoms with Crippen LogP contribution in [0.1, 0.15) is 0 Å². The number of para-hydroxylation sites is 7. The molecule has 0 amide bonds. The number of furan rings is 3. The van der Waals surface area contributed by atoms with E-state index in [4.69, 9.17) is 13.3 Å². The van der Waals surface area contributed by atoms with Gasteiger partial charge in [-0.25, -0.2) is 0 Å². The van der Waals surface area contributed by atoms with Crippen LogP contribution in [-0.2, 0) is 0 Å². The van der Waals surface area contributed by atoms with Gasteiger partial charge in [0, 0.05) is 136 Å². The lowest BCUT2D eigenvalue weighted by Crippen LogP contribution is -1.96. The van der Waals surface area contributed by atoms with Crippen molar-refractivity contribution in [1.29, 1.82) is 0 Å².